The van der Waals surface area contributed by atoms with Gasteiger partial charge in [0.15, 0.2) is 17.3 Å². The van der Waals surface area contributed by atoms with Crippen molar-refractivity contribution in [2.45, 2.75) is 12.8 Å². The minimum atomic E-state index is 0.178. The highest BCUT2D eigenvalue weighted by Gasteiger charge is 2.27. The highest BCUT2D eigenvalue weighted by atomic mass is 16.5. The molecule has 1 fully saturated rings. The molecule has 0 N–H and O–H groups in total. The molecule has 2 rings (SSSR count). The zero-order chi connectivity index (χ0) is 13.8. The van der Waals surface area contributed by atoms with E-state index >= 15 is 0 Å². The van der Waals surface area contributed by atoms with Gasteiger partial charge in [-0.25, -0.2) is 0 Å². The molecule has 0 unspecified atom stereocenters. The minimum Gasteiger partial charge on any atom is -0.493 e. The van der Waals surface area contributed by atoms with E-state index in [1.54, 1.807) is 39.5 Å². The van der Waals surface area contributed by atoms with Crippen LogP contribution in [-0.4, -0.2) is 27.1 Å². The average Bonchev–Trinajstić information content (AvgIpc) is 3.27. The van der Waals surface area contributed by atoms with Crippen LogP contribution in [-0.2, 0) is 4.79 Å². The van der Waals surface area contributed by atoms with Gasteiger partial charge in [-0.05, 0) is 37.1 Å². The topological polar surface area (TPSA) is 44.8 Å². The molecule has 1 aromatic carbocycles. The van der Waals surface area contributed by atoms with Crippen LogP contribution in [0.15, 0.2) is 18.2 Å². The van der Waals surface area contributed by atoms with Crippen LogP contribution < -0.4 is 14.2 Å². The van der Waals surface area contributed by atoms with Crippen molar-refractivity contribution in [1.82, 2.24) is 0 Å². The van der Waals surface area contributed by atoms with Crippen LogP contribution in [0, 0.1) is 5.92 Å². The summed E-state index contributed by atoms with van der Waals surface area (Å²) in [6, 6.07) is 3.64. The molecule has 4 nitrogen and oxygen atoms in total. The van der Waals surface area contributed by atoms with E-state index in [0.29, 0.717) is 17.2 Å². The number of hydrogen-bond donors (Lipinski definition) is 0. The third-order valence-electron chi connectivity index (χ3n) is 3.14. The molecule has 1 aromatic rings. The van der Waals surface area contributed by atoms with Crippen LogP contribution in [0.3, 0.4) is 0 Å². The Morgan fingerprint density at radius 2 is 1.79 bits per heavy atom. The van der Waals surface area contributed by atoms with Crippen LogP contribution in [0.1, 0.15) is 18.4 Å². The maximum atomic E-state index is 11.7. The van der Waals surface area contributed by atoms with Gasteiger partial charge in [0.25, 0.3) is 0 Å². The average molecular weight is 262 g/mol. The van der Waals surface area contributed by atoms with Crippen molar-refractivity contribution in [3.05, 3.63) is 23.8 Å². The Morgan fingerprint density at radius 1 is 1.11 bits per heavy atom. The van der Waals surface area contributed by atoms with Gasteiger partial charge < -0.3 is 14.2 Å². The molecule has 1 saturated carbocycles. The van der Waals surface area contributed by atoms with Gasteiger partial charge in [0, 0.05) is 11.5 Å². The number of carbonyl (C=O) groups excluding carboxylic acids is 1. The van der Waals surface area contributed by atoms with E-state index in [1.807, 2.05) is 6.07 Å². The third-order valence-corrected chi connectivity index (χ3v) is 3.14. The van der Waals surface area contributed by atoms with Crippen molar-refractivity contribution in [2.75, 3.05) is 21.3 Å². The van der Waals surface area contributed by atoms with Gasteiger partial charge in [0.05, 0.1) is 21.3 Å². The highest BCUT2D eigenvalue weighted by Crippen LogP contribution is 2.40. The number of hydrogen-bond acceptors (Lipinski definition) is 4. The third kappa shape index (κ3) is 2.89. The Morgan fingerprint density at radius 3 is 2.32 bits per heavy atom. The lowest BCUT2D eigenvalue weighted by atomic mass is 10.1. The minimum absolute atomic E-state index is 0.178. The maximum absolute atomic E-state index is 11.7. The second kappa shape index (κ2) is 5.78. The first kappa shape index (κ1) is 13.5. The molecular weight excluding hydrogens is 244 g/mol. The quantitative estimate of drug-likeness (QED) is 0.739. The van der Waals surface area contributed by atoms with E-state index in [0.717, 1.165) is 18.4 Å². The lowest BCUT2D eigenvalue weighted by molar-refractivity contribution is -0.115. The molecule has 1 aliphatic rings. The number of allylic oxidation sites excluding steroid dienone is 1. The first-order chi connectivity index (χ1) is 9.21. The largest absolute Gasteiger partial charge is 0.493 e. The summed E-state index contributed by atoms with van der Waals surface area (Å²) in [5.74, 6) is 2.11. The fraction of sp³-hybridized carbons (Fsp3) is 0.400. The van der Waals surface area contributed by atoms with E-state index in [2.05, 4.69) is 0 Å². The number of ketones is 1. The van der Waals surface area contributed by atoms with Crippen LogP contribution in [0.2, 0.25) is 0 Å². The highest BCUT2D eigenvalue weighted by molar-refractivity contribution is 5.97. The summed E-state index contributed by atoms with van der Waals surface area (Å²) in [7, 11) is 4.70. The van der Waals surface area contributed by atoms with Crippen molar-refractivity contribution >= 4 is 11.9 Å². The molecule has 0 atom stereocenters. The monoisotopic (exact) mass is 262 g/mol. The molecule has 0 bridgehead atoms. The molecule has 0 spiro atoms. The smallest absolute Gasteiger partial charge is 0.203 e. The molecule has 0 amide bonds. The molecule has 19 heavy (non-hydrogen) atoms. The number of carbonyl (C=O) groups is 1. The Balaban J connectivity index is 2.31. The molecule has 0 aromatic heterocycles. The summed E-state index contributed by atoms with van der Waals surface area (Å²) < 4.78 is 15.9. The van der Waals surface area contributed by atoms with Gasteiger partial charge >= 0.3 is 0 Å². The van der Waals surface area contributed by atoms with Gasteiger partial charge in [-0.15, -0.1) is 0 Å². The summed E-state index contributed by atoms with van der Waals surface area (Å²) in [5, 5.41) is 0. The molecule has 0 saturated heterocycles. The number of ether oxygens (including phenoxy) is 3. The van der Waals surface area contributed by atoms with Crippen LogP contribution >= 0.6 is 0 Å². The number of benzene rings is 1. The summed E-state index contributed by atoms with van der Waals surface area (Å²) in [4.78, 5) is 11.7. The SMILES string of the molecule is COc1ccc(/C=C/C(=O)C2CC2)c(OC)c1OC. The van der Waals surface area contributed by atoms with E-state index in [9.17, 15) is 4.79 Å². The predicted octanol–water partition coefficient (Wildman–Crippen LogP) is 2.70. The first-order valence-electron chi connectivity index (χ1n) is 6.22. The Bertz CT molecular complexity index is 501. The first-order valence-corrected chi connectivity index (χ1v) is 6.22. The zero-order valence-electron chi connectivity index (χ0n) is 11.4. The van der Waals surface area contributed by atoms with E-state index in [-0.39, 0.29) is 11.7 Å². The van der Waals surface area contributed by atoms with E-state index in [1.165, 1.54) is 0 Å². The van der Waals surface area contributed by atoms with Gasteiger partial charge in [-0.1, -0.05) is 0 Å². The summed E-state index contributed by atoms with van der Waals surface area (Å²) in [5.41, 5.74) is 0.800. The lowest BCUT2D eigenvalue weighted by Gasteiger charge is -2.13. The normalized spacial score (nSPS) is 14.5. The van der Waals surface area contributed by atoms with Gasteiger partial charge in [-0.3, -0.25) is 4.79 Å². The summed E-state index contributed by atoms with van der Waals surface area (Å²) >= 11 is 0. The molecule has 1 aliphatic carbocycles. The Kier molecular flexibility index (Phi) is 4.10. The molecule has 4 heteroatoms. The van der Waals surface area contributed by atoms with E-state index < -0.39 is 0 Å². The van der Waals surface area contributed by atoms with Crippen molar-refractivity contribution in [2.24, 2.45) is 5.92 Å². The van der Waals surface area contributed by atoms with Crippen molar-refractivity contribution in [1.29, 1.82) is 0 Å². The maximum Gasteiger partial charge on any atom is 0.203 e. The number of rotatable bonds is 6. The molecule has 0 radical (unpaired) electrons. The van der Waals surface area contributed by atoms with Crippen molar-refractivity contribution in [3.8, 4) is 17.2 Å². The Hall–Kier alpha value is -1.97. The fourth-order valence-electron chi connectivity index (χ4n) is 1.93. The van der Waals surface area contributed by atoms with Crippen molar-refractivity contribution < 1.29 is 19.0 Å². The predicted molar refractivity (Wildman–Crippen MR) is 72.9 cm³/mol. The summed E-state index contributed by atoms with van der Waals surface area (Å²) in [6.07, 6.45) is 5.39. The van der Waals surface area contributed by atoms with E-state index in [4.69, 9.17) is 14.2 Å². The molecule has 0 heterocycles. The van der Waals surface area contributed by atoms with Gasteiger partial charge in [-0.2, -0.15) is 0 Å². The Labute approximate surface area is 113 Å². The summed E-state index contributed by atoms with van der Waals surface area (Å²) in [6.45, 7) is 0. The standard InChI is InChI=1S/C15H18O4/c1-17-13-9-7-11(14(18-2)15(13)19-3)6-8-12(16)10-4-5-10/h6-10H,4-5H2,1-3H3/b8-6+. The van der Waals surface area contributed by atoms with Gasteiger partial charge in [0.2, 0.25) is 5.75 Å². The molecule has 0 aliphatic heterocycles. The van der Waals surface area contributed by atoms with Crippen LogP contribution in [0.5, 0.6) is 17.2 Å². The zero-order valence-corrected chi connectivity index (χ0v) is 11.4. The molecule has 102 valence electrons. The fourth-order valence-corrected chi connectivity index (χ4v) is 1.93. The van der Waals surface area contributed by atoms with Crippen LogP contribution in [0.4, 0.5) is 0 Å². The van der Waals surface area contributed by atoms with Crippen molar-refractivity contribution in [3.63, 3.8) is 0 Å². The van der Waals surface area contributed by atoms with Gasteiger partial charge in [0.1, 0.15) is 0 Å². The number of methoxy groups -OCH3 is 3. The lowest BCUT2D eigenvalue weighted by Crippen LogP contribution is -1.97. The second-order valence-corrected chi connectivity index (χ2v) is 4.43. The molecular formula is C15H18O4. The second-order valence-electron chi connectivity index (χ2n) is 4.43. The van der Waals surface area contributed by atoms with Crippen LogP contribution in [0.25, 0.3) is 6.08 Å².